The van der Waals surface area contributed by atoms with Crippen molar-refractivity contribution in [1.29, 1.82) is 0 Å². The first kappa shape index (κ1) is 11.6. The van der Waals surface area contributed by atoms with Crippen LogP contribution in [0.25, 0.3) is 0 Å². The third-order valence-corrected chi connectivity index (χ3v) is 4.49. The summed E-state index contributed by atoms with van der Waals surface area (Å²) in [5.41, 5.74) is 5.97. The van der Waals surface area contributed by atoms with E-state index >= 15 is 0 Å². The Hall–Kier alpha value is 0.1000. The third kappa shape index (κ3) is 2.81. The molecule has 0 saturated heterocycles. The van der Waals surface area contributed by atoms with Gasteiger partial charge in [-0.25, -0.2) is 0 Å². The van der Waals surface area contributed by atoms with Crippen molar-refractivity contribution in [3.63, 3.8) is 0 Å². The topological polar surface area (TPSA) is 35.2 Å². The van der Waals surface area contributed by atoms with Crippen LogP contribution in [-0.2, 0) is 4.74 Å². The Kier molecular flexibility index (Phi) is 3.83. The van der Waals surface area contributed by atoms with Gasteiger partial charge in [-0.3, -0.25) is 0 Å². The second-order valence-corrected chi connectivity index (χ2v) is 5.99. The first-order valence-corrected chi connectivity index (χ1v) is 6.99. The van der Waals surface area contributed by atoms with Crippen LogP contribution in [-0.4, -0.2) is 12.1 Å². The van der Waals surface area contributed by atoms with Crippen molar-refractivity contribution in [1.82, 2.24) is 0 Å². The number of ether oxygens (including phenoxy) is 1. The minimum Gasteiger partial charge on any atom is -0.368 e. The molecule has 1 aromatic heterocycles. The maximum Gasteiger partial charge on any atom is 0.107 e. The van der Waals surface area contributed by atoms with E-state index in [-0.39, 0.29) is 12.1 Å². The van der Waals surface area contributed by atoms with Crippen LogP contribution in [0.15, 0.2) is 15.9 Å². The standard InChI is InChI=1S/C11H16BrNOS/c1-7(13)11(14-9-3-2-4-9)10-5-8(12)6-15-10/h5-7,9,11H,2-4,13H2,1H3. The van der Waals surface area contributed by atoms with Gasteiger partial charge in [0.1, 0.15) is 6.10 Å². The molecule has 0 amide bonds. The Balaban J connectivity index is 2.04. The van der Waals surface area contributed by atoms with Crippen LogP contribution >= 0.6 is 27.3 Å². The number of hydrogen-bond donors (Lipinski definition) is 1. The fraction of sp³-hybridized carbons (Fsp3) is 0.636. The van der Waals surface area contributed by atoms with E-state index in [9.17, 15) is 0 Å². The van der Waals surface area contributed by atoms with E-state index in [1.165, 1.54) is 24.1 Å². The molecule has 0 aromatic carbocycles. The molecule has 4 heteroatoms. The summed E-state index contributed by atoms with van der Waals surface area (Å²) in [4.78, 5) is 1.23. The van der Waals surface area contributed by atoms with E-state index in [2.05, 4.69) is 27.4 Å². The van der Waals surface area contributed by atoms with Crippen molar-refractivity contribution in [2.75, 3.05) is 0 Å². The largest absolute Gasteiger partial charge is 0.368 e. The van der Waals surface area contributed by atoms with Crippen LogP contribution in [0, 0.1) is 0 Å². The molecular weight excluding hydrogens is 274 g/mol. The summed E-state index contributed by atoms with van der Waals surface area (Å²) < 4.78 is 7.13. The summed E-state index contributed by atoms with van der Waals surface area (Å²) >= 11 is 5.17. The summed E-state index contributed by atoms with van der Waals surface area (Å²) in [6.45, 7) is 2.01. The van der Waals surface area contributed by atoms with Gasteiger partial charge in [0.15, 0.2) is 0 Å². The lowest BCUT2D eigenvalue weighted by molar-refractivity contribution is -0.0595. The van der Waals surface area contributed by atoms with Crippen molar-refractivity contribution in [3.8, 4) is 0 Å². The van der Waals surface area contributed by atoms with Crippen LogP contribution < -0.4 is 5.73 Å². The van der Waals surface area contributed by atoms with Gasteiger partial charge >= 0.3 is 0 Å². The zero-order chi connectivity index (χ0) is 10.8. The number of nitrogens with two attached hydrogens (primary N) is 1. The third-order valence-electron chi connectivity index (χ3n) is 2.74. The Morgan fingerprint density at radius 3 is 2.73 bits per heavy atom. The molecule has 1 heterocycles. The second-order valence-electron chi connectivity index (χ2n) is 4.14. The lowest BCUT2D eigenvalue weighted by Crippen LogP contribution is -2.32. The number of halogens is 1. The van der Waals surface area contributed by atoms with E-state index in [0.29, 0.717) is 6.10 Å². The number of rotatable bonds is 4. The summed E-state index contributed by atoms with van der Waals surface area (Å²) in [6, 6.07) is 2.16. The monoisotopic (exact) mass is 289 g/mol. The molecule has 84 valence electrons. The van der Waals surface area contributed by atoms with Crippen LogP contribution in [0.5, 0.6) is 0 Å². The van der Waals surface area contributed by atoms with Crippen molar-refractivity contribution in [2.45, 2.75) is 44.4 Å². The fourth-order valence-electron chi connectivity index (χ4n) is 1.64. The molecule has 1 saturated carbocycles. The molecular formula is C11H16BrNOS. The van der Waals surface area contributed by atoms with Crippen molar-refractivity contribution in [3.05, 3.63) is 20.8 Å². The summed E-state index contributed by atoms with van der Waals surface area (Å²) in [7, 11) is 0. The lowest BCUT2D eigenvalue weighted by Gasteiger charge is -2.31. The van der Waals surface area contributed by atoms with E-state index in [1.807, 2.05) is 6.92 Å². The van der Waals surface area contributed by atoms with Gasteiger partial charge < -0.3 is 10.5 Å². The van der Waals surface area contributed by atoms with E-state index < -0.39 is 0 Å². The maximum absolute atomic E-state index is 6.01. The minimum atomic E-state index is 0.0520. The molecule has 0 aliphatic heterocycles. The Labute approximate surface area is 103 Å². The van der Waals surface area contributed by atoms with Crippen molar-refractivity contribution < 1.29 is 4.74 Å². The predicted molar refractivity (Wildman–Crippen MR) is 67.1 cm³/mol. The summed E-state index contributed by atoms with van der Waals surface area (Å²) in [5, 5.41) is 2.08. The molecule has 1 fully saturated rings. The molecule has 1 aliphatic rings. The van der Waals surface area contributed by atoms with E-state index in [0.717, 1.165) is 4.47 Å². The Morgan fingerprint density at radius 1 is 1.60 bits per heavy atom. The SMILES string of the molecule is CC(N)C(OC1CCC1)c1cc(Br)cs1. The molecule has 0 radical (unpaired) electrons. The maximum atomic E-state index is 6.01. The molecule has 1 aliphatic carbocycles. The zero-order valence-electron chi connectivity index (χ0n) is 8.78. The average molecular weight is 290 g/mol. The second kappa shape index (κ2) is 4.95. The molecule has 0 spiro atoms. The summed E-state index contributed by atoms with van der Waals surface area (Å²) in [5.74, 6) is 0. The van der Waals surface area contributed by atoms with Gasteiger partial charge in [-0.2, -0.15) is 0 Å². The first-order chi connectivity index (χ1) is 7.16. The van der Waals surface area contributed by atoms with Gasteiger partial charge in [0.05, 0.1) is 6.10 Å². The smallest absolute Gasteiger partial charge is 0.107 e. The molecule has 2 unspecified atom stereocenters. The number of thiophene rings is 1. The van der Waals surface area contributed by atoms with Gasteiger partial charge in [-0.05, 0) is 48.2 Å². The molecule has 2 nitrogen and oxygen atoms in total. The average Bonchev–Trinajstić information content (AvgIpc) is 2.49. The Morgan fingerprint density at radius 2 is 2.33 bits per heavy atom. The molecule has 1 aromatic rings. The van der Waals surface area contributed by atoms with Crippen LogP contribution in [0.4, 0.5) is 0 Å². The molecule has 15 heavy (non-hydrogen) atoms. The van der Waals surface area contributed by atoms with Gasteiger partial charge in [-0.1, -0.05) is 0 Å². The summed E-state index contributed by atoms with van der Waals surface area (Å²) in [6.07, 6.45) is 4.17. The molecule has 0 bridgehead atoms. The van der Waals surface area contributed by atoms with Crippen LogP contribution in [0.2, 0.25) is 0 Å². The van der Waals surface area contributed by atoms with E-state index in [4.69, 9.17) is 10.5 Å². The van der Waals surface area contributed by atoms with Crippen LogP contribution in [0.3, 0.4) is 0 Å². The highest BCUT2D eigenvalue weighted by Crippen LogP contribution is 2.34. The fourth-order valence-corrected chi connectivity index (χ4v) is 3.24. The molecule has 2 rings (SSSR count). The lowest BCUT2D eigenvalue weighted by atomic mass is 9.95. The van der Waals surface area contributed by atoms with E-state index in [1.54, 1.807) is 11.3 Å². The normalized spacial score (nSPS) is 21.0. The highest BCUT2D eigenvalue weighted by molar-refractivity contribution is 9.10. The van der Waals surface area contributed by atoms with Crippen molar-refractivity contribution in [2.24, 2.45) is 5.73 Å². The van der Waals surface area contributed by atoms with Gasteiger partial charge in [-0.15, -0.1) is 11.3 Å². The molecule has 2 atom stereocenters. The quantitative estimate of drug-likeness (QED) is 0.921. The van der Waals surface area contributed by atoms with Gasteiger partial charge in [0.25, 0.3) is 0 Å². The number of hydrogen-bond acceptors (Lipinski definition) is 3. The predicted octanol–water partition coefficient (Wildman–Crippen LogP) is 3.47. The van der Waals surface area contributed by atoms with Gasteiger partial charge in [0, 0.05) is 20.8 Å². The molecule has 2 N–H and O–H groups in total. The van der Waals surface area contributed by atoms with Crippen molar-refractivity contribution >= 4 is 27.3 Å². The minimum absolute atomic E-state index is 0.0520. The highest BCUT2D eigenvalue weighted by atomic mass is 79.9. The van der Waals surface area contributed by atoms with Crippen LogP contribution in [0.1, 0.15) is 37.2 Å². The first-order valence-electron chi connectivity index (χ1n) is 5.32. The highest BCUT2D eigenvalue weighted by Gasteiger charge is 2.26. The van der Waals surface area contributed by atoms with Gasteiger partial charge in [0.2, 0.25) is 0 Å². The Bertz CT molecular complexity index is 322. The zero-order valence-corrected chi connectivity index (χ0v) is 11.2.